The Morgan fingerprint density at radius 3 is 0.940 bits per heavy atom. The lowest BCUT2D eigenvalue weighted by molar-refractivity contribution is -0.143. The fraction of sp³-hybridized carbons (Fsp3) is 0.872. The molecule has 0 aromatic heterocycles. The van der Waals surface area contributed by atoms with Gasteiger partial charge in [0.05, 0.1) is 25.4 Å². The van der Waals surface area contributed by atoms with E-state index in [1.807, 2.05) is 6.08 Å². The number of allylic oxidation sites excluding steroid dienone is 7. The van der Waals surface area contributed by atoms with Crippen LogP contribution in [0, 0.1) is 0 Å². The summed E-state index contributed by atoms with van der Waals surface area (Å²) >= 11 is 0. The van der Waals surface area contributed by atoms with Gasteiger partial charge in [0.1, 0.15) is 0 Å². The van der Waals surface area contributed by atoms with Crippen molar-refractivity contribution in [3.05, 3.63) is 48.6 Å². The van der Waals surface area contributed by atoms with Gasteiger partial charge in [0, 0.05) is 12.8 Å². The molecule has 0 spiro atoms. The lowest BCUT2D eigenvalue weighted by Gasteiger charge is -2.20. The van der Waals surface area contributed by atoms with Crippen molar-refractivity contribution in [2.75, 3.05) is 13.2 Å². The van der Waals surface area contributed by atoms with Gasteiger partial charge < -0.3 is 20.3 Å². The van der Waals surface area contributed by atoms with Gasteiger partial charge in [-0.05, 0) is 89.9 Å². The second kappa shape index (κ2) is 73.3. The number of carbonyl (C=O) groups is 2. The first-order valence-electron chi connectivity index (χ1n) is 37.9. The molecule has 6 heteroatoms. The smallest absolute Gasteiger partial charge is 0.305 e. The van der Waals surface area contributed by atoms with Crippen molar-refractivity contribution in [2.45, 2.75) is 424 Å². The first kappa shape index (κ1) is 81.8. The van der Waals surface area contributed by atoms with E-state index in [2.05, 4.69) is 55.6 Å². The zero-order valence-corrected chi connectivity index (χ0v) is 56.6. The fourth-order valence-corrected chi connectivity index (χ4v) is 11.8. The minimum Gasteiger partial charge on any atom is -0.466 e. The second-order valence-corrected chi connectivity index (χ2v) is 26.0. The minimum absolute atomic E-state index is 0.0105. The van der Waals surface area contributed by atoms with Crippen LogP contribution in [-0.4, -0.2) is 47.4 Å². The highest BCUT2D eigenvalue weighted by molar-refractivity contribution is 5.76. The average molecular weight is 1180 g/mol. The zero-order chi connectivity index (χ0) is 60.6. The van der Waals surface area contributed by atoms with Gasteiger partial charge in [0.2, 0.25) is 5.91 Å². The molecule has 3 N–H and O–H groups in total. The number of hydrogen-bond donors (Lipinski definition) is 3. The highest BCUT2D eigenvalue weighted by Crippen LogP contribution is 2.19. The van der Waals surface area contributed by atoms with E-state index in [1.54, 1.807) is 6.08 Å². The molecule has 0 aromatic rings. The number of aliphatic hydroxyl groups excluding tert-OH is 2. The molecular formula is C78H147NO5. The van der Waals surface area contributed by atoms with Gasteiger partial charge in [-0.2, -0.15) is 0 Å². The van der Waals surface area contributed by atoms with Gasteiger partial charge in [-0.15, -0.1) is 0 Å². The Hall–Kier alpha value is -2.18. The monoisotopic (exact) mass is 1180 g/mol. The normalized spacial score (nSPS) is 12.8. The third-order valence-electron chi connectivity index (χ3n) is 17.6. The number of unbranched alkanes of at least 4 members (excludes halogenated alkanes) is 54. The van der Waals surface area contributed by atoms with Crippen LogP contribution in [-0.2, 0) is 14.3 Å². The van der Waals surface area contributed by atoms with E-state index in [0.29, 0.717) is 19.4 Å². The fourth-order valence-electron chi connectivity index (χ4n) is 11.8. The van der Waals surface area contributed by atoms with Crippen LogP contribution in [0.5, 0.6) is 0 Å². The lowest BCUT2D eigenvalue weighted by Crippen LogP contribution is -2.45. The molecule has 2 atom stereocenters. The summed E-state index contributed by atoms with van der Waals surface area (Å²) < 4.78 is 5.50. The molecule has 0 aliphatic rings. The topological polar surface area (TPSA) is 95.9 Å². The molecular weight excluding hydrogens is 1030 g/mol. The molecule has 0 bridgehead atoms. The third-order valence-corrected chi connectivity index (χ3v) is 17.6. The first-order chi connectivity index (χ1) is 41.5. The Morgan fingerprint density at radius 2 is 0.595 bits per heavy atom. The minimum atomic E-state index is -0.844. The molecule has 2 unspecified atom stereocenters. The molecule has 0 fully saturated rings. The number of carbonyl (C=O) groups excluding carboxylic acids is 2. The van der Waals surface area contributed by atoms with Crippen LogP contribution in [0.15, 0.2) is 48.6 Å². The number of esters is 1. The molecule has 0 aliphatic heterocycles. The summed E-state index contributed by atoms with van der Waals surface area (Å²) in [7, 11) is 0. The highest BCUT2D eigenvalue weighted by atomic mass is 16.5. The maximum Gasteiger partial charge on any atom is 0.305 e. The van der Waals surface area contributed by atoms with E-state index < -0.39 is 12.1 Å². The van der Waals surface area contributed by atoms with Crippen LogP contribution >= 0.6 is 0 Å². The van der Waals surface area contributed by atoms with E-state index in [1.165, 1.54) is 334 Å². The molecule has 0 saturated heterocycles. The molecule has 0 aliphatic carbocycles. The summed E-state index contributed by atoms with van der Waals surface area (Å²) in [5.41, 5.74) is 0. The Morgan fingerprint density at radius 1 is 0.333 bits per heavy atom. The van der Waals surface area contributed by atoms with Gasteiger partial charge in [0.15, 0.2) is 0 Å². The van der Waals surface area contributed by atoms with Gasteiger partial charge in [0.25, 0.3) is 0 Å². The Bertz CT molecular complexity index is 1400. The molecule has 0 rings (SSSR count). The highest BCUT2D eigenvalue weighted by Gasteiger charge is 2.18. The number of rotatable bonds is 71. The number of ether oxygens (including phenoxy) is 1. The molecule has 0 radical (unpaired) electrons. The van der Waals surface area contributed by atoms with Crippen molar-refractivity contribution in [1.82, 2.24) is 5.32 Å². The van der Waals surface area contributed by atoms with E-state index >= 15 is 0 Å². The zero-order valence-electron chi connectivity index (χ0n) is 56.6. The van der Waals surface area contributed by atoms with Gasteiger partial charge in [-0.1, -0.05) is 358 Å². The van der Waals surface area contributed by atoms with Crippen LogP contribution in [0.1, 0.15) is 412 Å². The molecule has 494 valence electrons. The van der Waals surface area contributed by atoms with Crippen LogP contribution in [0.3, 0.4) is 0 Å². The summed E-state index contributed by atoms with van der Waals surface area (Å²) in [5.74, 6) is -0.0518. The molecule has 84 heavy (non-hydrogen) atoms. The first-order valence-corrected chi connectivity index (χ1v) is 37.9. The quantitative estimate of drug-likeness (QED) is 0.0320. The average Bonchev–Trinajstić information content (AvgIpc) is 3.51. The van der Waals surface area contributed by atoms with Crippen molar-refractivity contribution in [2.24, 2.45) is 0 Å². The molecule has 1 amide bonds. The SMILES string of the molecule is CCCCC/C=C\C/C=C\CCCCCCCCCC(=O)OCCCCCCCCCCCCCC/C=C\CCCCCCCCCCCCCCCCCCC(=O)NC(CO)C(O)/C=C/CCCCCCCCCCCCCCCCCC. The number of nitrogens with one attached hydrogen (secondary N) is 1. The summed E-state index contributed by atoms with van der Waals surface area (Å²) in [6.07, 6.45) is 96.4. The van der Waals surface area contributed by atoms with Crippen molar-refractivity contribution < 1.29 is 24.5 Å². The Balaban J connectivity index is 3.37. The van der Waals surface area contributed by atoms with Crippen molar-refractivity contribution in [1.29, 1.82) is 0 Å². The van der Waals surface area contributed by atoms with Crippen LogP contribution in [0.2, 0.25) is 0 Å². The maximum atomic E-state index is 12.5. The summed E-state index contributed by atoms with van der Waals surface area (Å²) in [4.78, 5) is 24.6. The molecule has 6 nitrogen and oxygen atoms in total. The lowest BCUT2D eigenvalue weighted by atomic mass is 10.0. The van der Waals surface area contributed by atoms with E-state index in [4.69, 9.17) is 4.74 Å². The largest absolute Gasteiger partial charge is 0.466 e. The number of aliphatic hydroxyl groups is 2. The van der Waals surface area contributed by atoms with E-state index in [-0.39, 0.29) is 18.5 Å². The Labute approximate surface area is 525 Å². The Kier molecular flexibility index (Phi) is 71.4. The van der Waals surface area contributed by atoms with Gasteiger partial charge in [-0.3, -0.25) is 9.59 Å². The van der Waals surface area contributed by atoms with Crippen LogP contribution in [0.25, 0.3) is 0 Å². The van der Waals surface area contributed by atoms with Crippen LogP contribution in [0.4, 0.5) is 0 Å². The summed E-state index contributed by atoms with van der Waals surface area (Å²) in [5, 5.41) is 23.2. The second-order valence-electron chi connectivity index (χ2n) is 26.0. The van der Waals surface area contributed by atoms with Gasteiger partial charge in [-0.25, -0.2) is 0 Å². The van der Waals surface area contributed by atoms with Crippen molar-refractivity contribution in [3.8, 4) is 0 Å². The summed E-state index contributed by atoms with van der Waals surface area (Å²) in [6.45, 7) is 4.91. The van der Waals surface area contributed by atoms with Crippen molar-refractivity contribution >= 4 is 11.9 Å². The number of amides is 1. The van der Waals surface area contributed by atoms with Crippen molar-refractivity contribution in [3.63, 3.8) is 0 Å². The van der Waals surface area contributed by atoms with Crippen LogP contribution < -0.4 is 5.32 Å². The predicted octanol–water partition coefficient (Wildman–Crippen LogP) is 24.8. The predicted molar refractivity (Wildman–Crippen MR) is 370 cm³/mol. The molecule has 0 aromatic carbocycles. The van der Waals surface area contributed by atoms with E-state index in [9.17, 15) is 19.8 Å². The standard InChI is InChI=1S/C78H147NO5/c1-3-5-7-9-11-13-15-17-19-21-39-42-46-50-54-58-62-66-70-76(81)75(74-80)79-77(82)71-67-63-59-55-51-47-43-40-36-34-32-30-28-26-24-22-23-25-27-29-31-33-35-37-41-45-49-53-57-61-65-69-73-84-78(83)72-68-64-60-56-52-48-44-38-20-18-16-14-12-10-8-6-4-2/h12,14,18,20,25,27,66,70,75-76,80-81H,3-11,13,15-17,19,21-24,26,28-65,67-69,71-74H2,1-2H3,(H,79,82)/b14-12-,20-18-,27-25-,70-66+. The number of hydrogen-bond acceptors (Lipinski definition) is 5. The molecule has 0 heterocycles. The van der Waals surface area contributed by atoms with Gasteiger partial charge >= 0.3 is 5.97 Å². The maximum absolute atomic E-state index is 12.5. The third kappa shape index (κ3) is 68.9. The summed E-state index contributed by atoms with van der Waals surface area (Å²) in [6, 6.07) is -0.627. The van der Waals surface area contributed by atoms with E-state index in [0.717, 1.165) is 51.4 Å². The molecule has 0 saturated carbocycles.